The summed E-state index contributed by atoms with van der Waals surface area (Å²) in [5.41, 5.74) is 3.35. The molecule has 0 aliphatic carbocycles. The fourth-order valence-corrected chi connectivity index (χ4v) is 4.09. The molecule has 2 aromatic carbocycles. The fraction of sp³-hybridized carbons (Fsp3) is 0.308. The van der Waals surface area contributed by atoms with E-state index in [-0.39, 0.29) is 11.8 Å². The van der Waals surface area contributed by atoms with Crippen molar-refractivity contribution in [2.45, 2.75) is 32.6 Å². The highest BCUT2D eigenvalue weighted by Gasteiger charge is 2.25. The number of nitrogens with zero attached hydrogens (tertiary/aromatic N) is 2. The minimum atomic E-state index is 0.0278. The number of benzene rings is 2. The molecule has 0 saturated carbocycles. The Bertz CT molecular complexity index is 1000. The molecule has 4 rings (SSSR count). The van der Waals surface area contributed by atoms with Crippen LogP contribution in [0.4, 0.5) is 5.82 Å². The molecular weight excluding hydrogens is 422 g/mol. The van der Waals surface area contributed by atoms with Crippen LogP contribution in [-0.2, 0) is 29.3 Å². The van der Waals surface area contributed by atoms with E-state index in [1.165, 1.54) is 0 Å². The Labute approximate surface area is 194 Å². The molecule has 1 saturated heterocycles. The fourth-order valence-electron chi connectivity index (χ4n) is 3.98. The van der Waals surface area contributed by atoms with Crippen LogP contribution < -0.4 is 10.2 Å². The number of hydrogen-bond acceptors (Lipinski definition) is 4. The summed E-state index contributed by atoms with van der Waals surface area (Å²) in [6.07, 6.45) is 3.30. The van der Waals surface area contributed by atoms with Crippen LogP contribution >= 0.6 is 11.6 Å². The van der Waals surface area contributed by atoms with Crippen LogP contribution in [0.3, 0.4) is 0 Å². The van der Waals surface area contributed by atoms with E-state index in [2.05, 4.69) is 39.5 Å². The van der Waals surface area contributed by atoms with Crippen molar-refractivity contribution in [2.75, 3.05) is 18.0 Å². The van der Waals surface area contributed by atoms with Crippen LogP contribution in [-0.4, -0.2) is 24.0 Å². The second kappa shape index (κ2) is 11.1. The summed E-state index contributed by atoms with van der Waals surface area (Å²) in [5.74, 6) is 1.06. The lowest BCUT2D eigenvalue weighted by atomic mass is 9.95. The lowest BCUT2D eigenvalue weighted by Gasteiger charge is -2.32. The quantitative estimate of drug-likeness (QED) is 0.526. The summed E-state index contributed by atoms with van der Waals surface area (Å²) in [6, 6.07) is 22.0. The summed E-state index contributed by atoms with van der Waals surface area (Å²) < 4.78 is 5.90. The average molecular weight is 450 g/mol. The second-order valence-electron chi connectivity index (χ2n) is 8.06. The molecule has 166 valence electrons. The molecule has 5 nitrogen and oxygen atoms in total. The molecule has 1 amide bonds. The minimum absolute atomic E-state index is 0.0278. The van der Waals surface area contributed by atoms with Crippen molar-refractivity contribution in [1.29, 1.82) is 0 Å². The Morgan fingerprint density at radius 2 is 1.69 bits per heavy atom. The maximum atomic E-state index is 12.8. The van der Waals surface area contributed by atoms with Crippen LogP contribution in [0.15, 0.2) is 72.9 Å². The van der Waals surface area contributed by atoms with E-state index in [1.54, 1.807) is 6.20 Å². The minimum Gasteiger partial charge on any atom is -0.372 e. The summed E-state index contributed by atoms with van der Waals surface area (Å²) in [6.45, 7) is 3.24. The molecule has 1 aliphatic rings. The van der Waals surface area contributed by atoms with Crippen molar-refractivity contribution in [3.63, 3.8) is 0 Å². The molecule has 0 radical (unpaired) electrons. The molecule has 0 atom stereocenters. The first-order valence-electron chi connectivity index (χ1n) is 11.0. The van der Waals surface area contributed by atoms with Crippen molar-refractivity contribution in [2.24, 2.45) is 5.92 Å². The smallest absolute Gasteiger partial charge is 0.223 e. The van der Waals surface area contributed by atoms with Gasteiger partial charge >= 0.3 is 0 Å². The Hall–Kier alpha value is -2.89. The van der Waals surface area contributed by atoms with E-state index < -0.39 is 0 Å². The van der Waals surface area contributed by atoms with Gasteiger partial charge in [-0.15, -0.1) is 0 Å². The van der Waals surface area contributed by atoms with Gasteiger partial charge in [0.25, 0.3) is 0 Å². The molecule has 0 spiro atoms. The van der Waals surface area contributed by atoms with E-state index in [1.807, 2.05) is 42.5 Å². The number of nitrogens with one attached hydrogen (secondary N) is 1. The molecule has 2 heterocycles. The molecule has 1 N–H and O–H groups in total. The molecule has 1 aliphatic heterocycles. The third kappa shape index (κ3) is 6.09. The van der Waals surface area contributed by atoms with Crippen LogP contribution in [0.1, 0.15) is 29.5 Å². The van der Waals surface area contributed by atoms with Crippen molar-refractivity contribution < 1.29 is 9.53 Å². The molecule has 1 fully saturated rings. The highest BCUT2D eigenvalue weighted by molar-refractivity contribution is 6.30. The zero-order chi connectivity index (χ0) is 22.2. The van der Waals surface area contributed by atoms with Gasteiger partial charge in [0.2, 0.25) is 5.91 Å². The number of halogens is 1. The van der Waals surface area contributed by atoms with Crippen LogP contribution in [0.2, 0.25) is 5.02 Å². The van der Waals surface area contributed by atoms with Crippen molar-refractivity contribution in [3.05, 3.63) is 94.6 Å². The Kier molecular flexibility index (Phi) is 7.75. The van der Waals surface area contributed by atoms with Gasteiger partial charge in [-0.2, -0.15) is 0 Å². The van der Waals surface area contributed by atoms with Gasteiger partial charge < -0.3 is 15.0 Å². The van der Waals surface area contributed by atoms with E-state index in [9.17, 15) is 4.79 Å². The highest BCUT2D eigenvalue weighted by Crippen LogP contribution is 2.23. The number of rotatable bonds is 8. The second-order valence-corrected chi connectivity index (χ2v) is 8.50. The monoisotopic (exact) mass is 449 g/mol. The van der Waals surface area contributed by atoms with Crippen molar-refractivity contribution in [3.8, 4) is 0 Å². The first-order chi connectivity index (χ1) is 15.7. The normalized spacial score (nSPS) is 14.3. The van der Waals surface area contributed by atoms with Crippen molar-refractivity contribution in [1.82, 2.24) is 10.3 Å². The Balaban J connectivity index is 1.25. The number of ether oxygens (including phenoxy) is 1. The van der Waals surface area contributed by atoms with Gasteiger partial charge in [0.05, 0.1) is 18.2 Å². The van der Waals surface area contributed by atoms with Gasteiger partial charge in [-0.25, -0.2) is 4.98 Å². The number of piperidine rings is 1. The van der Waals surface area contributed by atoms with E-state index >= 15 is 0 Å². The van der Waals surface area contributed by atoms with Gasteiger partial charge in [-0.05, 0) is 41.7 Å². The molecule has 32 heavy (non-hydrogen) atoms. The van der Waals surface area contributed by atoms with E-state index in [4.69, 9.17) is 16.3 Å². The average Bonchev–Trinajstić information content (AvgIpc) is 2.84. The number of carbonyl (C=O) groups is 1. The third-order valence-electron chi connectivity index (χ3n) is 5.84. The first kappa shape index (κ1) is 22.3. The number of amides is 1. The summed E-state index contributed by atoms with van der Waals surface area (Å²) in [5, 5.41) is 3.77. The van der Waals surface area contributed by atoms with Gasteiger partial charge in [0.15, 0.2) is 0 Å². The standard InChI is InChI=1S/C26H28ClN3O2/c27-24-10-11-25(28-17-24)30-14-12-21(13-15-30)26(31)29-16-22-8-4-5-9-23(22)19-32-18-20-6-2-1-3-7-20/h1-11,17,21H,12-16,18-19H2,(H,29,31). The Morgan fingerprint density at radius 1 is 0.969 bits per heavy atom. The first-order valence-corrected chi connectivity index (χ1v) is 11.4. The zero-order valence-corrected chi connectivity index (χ0v) is 18.8. The number of pyridine rings is 1. The SMILES string of the molecule is O=C(NCc1ccccc1COCc1ccccc1)C1CCN(c2ccc(Cl)cn2)CC1. The molecule has 0 unspecified atom stereocenters. The third-order valence-corrected chi connectivity index (χ3v) is 6.07. The lowest BCUT2D eigenvalue weighted by molar-refractivity contribution is -0.125. The molecular formula is C26H28ClN3O2. The van der Waals surface area contributed by atoms with E-state index in [0.29, 0.717) is 24.8 Å². The van der Waals surface area contributed by atoms with Gasteiger partial charge in [0.1, 0.15) is 5.82 Å². The zero-order valence-electron chi connectivity index (χ0n) is 18.0. The highest BCUT2D eigenvalue weighted by atomic mass is 35.5. The predicted molar refractivity (Wildman–Crippen MR) is 127 cm³/mol. The number of anilines is 1. The van der Waals surface area contributed by atoms with Gasteiger partial charge in [-0.1, -0.05) is 66.2 Å². The van der Waals surface area contributed by atoms with Gasteiger partial charge in [-0.3, -0.25) is 4.79 Å². The Morgan fingerprint density at radius 3 is 2.41 bits per heavy atom. The topological polar surface area (TPSA) is 54.5 Å². The molecule has 6 heteroatoms. The molecule has 1 aromatic heterocycles. The maximum Gasteiger partial charge on any atom is 0.223 e. The maximum absolute atomic E-state index is 12.8. The summed E-state index contributed by atoms with van der Waals surface area (Å²) >= 11 is 5.93. The largest absolute Gasteiger partial charge is 0.372 e. The van der Waals surface area contributed by atoms with Crippen molar-refractivity contribution >= 4 is 23.3 Å². The summed E-state index contributed by atoms with van der Waals surface area (Å²) in [7, 11) is 0. The number of carbonyl (C=O) groups excluding carboxylic acids is 1. The summed E-state index contributed by atoms with van der Waals surface area (Å²) in [4.78, 5) is 19.4. The van der Waals surface area contributed by atoms with Crippen LogP contribution in [0.5, 0.6) is 0 Å². The predicted octanol–water partition coefficient (Wildman–Crippen LogP) is 4.98. The van der Waals surface area contributed by atoms with E-state index in [0.717, 1.165) is 48.4 Å². The van der Waals surface area contributed by atoms with Crippen LogP contribution in [0.25, 0.3) is 0 Å². The molecule has 0 bridgehead atoms. The number of aromatic nitrogens is 1. The number of hydrogen-bond donors (Lipinski definition) is 1. The van der Waals surface area contributed by atoms with Crippen LogP contribution in [0, 0.1) is 5.92 Å². The molecule has 3 aromatic rings. The van der Waals surface area contributed by atoms with Gasteiger partial charge in [0, 0.05) is 31.7 Å². The lowest BCUT2D eigenvalue weighted by Crippen LogP contribution is -2.40.